The van der Waals surface area contributed by atoms with Crippen LogP contribution in [0.5, 0.6) is 5.75 Å². The molecule has 4 nitrogen and oxygen atoms in total. The summed E-state index contributed by atoms with van der Waals surface area (Å²) in [6.07, 6.45) is -4.50. The molecule has 1 heterocycles. The van der Waals surface area contributed by atoms with Crippen LogP contribution in [0.15, 0.2) is 34.8 Å². The molecule has 0 radical (unpaired) electrons. The van der Waals surface area contributed by atoms with E-state index in [1.165, 1.54) is 12.1 Å². The van der Waals surface area contributed by atoms with Crippen molar-refractivity contribution in [3.05, 3.63) is 56.8 Å². The van der Waals surface area contributed by atoms with E-state index in [0.717, 1.165) is 18.2 Å². The molecule has 0 fully saturated rings. The van der Waals surface area contributed by atoms with Gasteiger partial charge < -0.3 is 9.84 Å². The highest BCUT2D eigenvalue weighted by Crippen LogP contribution is 2.34. The van der Waals surface area contributed by atoms with Gasteiger partial charge in [-0.25, -0.2) is 9.78 Å². The molecule has 0 atom stereocenters. The van der Waals surface area contributed by atoms with Crippen LogP contribution in [-0.4, -0.2) is 16.1 Å². The van der Waals surface area contributed by atoms with Gasteiger partial charge in [0.1, 0.15) is 18.1 Å². The topological polar surface area (TPSA) is 59.4 Å². The molecule has 0 spiro atoms. The lowest BCUT2D eigenvalue weighted by molar-refractivity contribution is -0.137. The number of nitrogens with zero attached hydrogens (tertiary/aromatic N) is 1. The van der Waals surface area contributed by atoms with Gasteiger partial charge in [-0.15, -0.1) is 0 Å². The molecule has 0 unspecified atom stereocenters. The van der Waals surface area contributed by atoms with Gasteiger partial charge in [0.05, 0.1) is 16.3 Å². The number of carbonyl (C=O) groups is 1. The van der Waals surface area contributed by atoms with E-state index in [-0.39, 0.29) is 28.8 Å². The highest BCUT2D eigenvalue weighted by Gasteiger charge is 2.31. The predicted octanol–water partition coefficient (Wildman–Crippen LogP) is 4.79. The van der Waals surface area contributed by atoms with Gasteiger partial charge in [0.25, 0.3) is 0 Å². The molecular weight excluding hydrogens is 403 g/mol. The zero-order valence-corrected chi connectivity index (χ0v) is 13.5. The molecule has 122 valence electrons. The summed E-state index contributed by atoms with van der Waals surface area (Å²) < 4.78 is 43.4. The van der Waals surface area contributed by atoms with Gasteiger partial charge in [-0.3, -0.25) is 0 Å². The number of ether oxygens (including phenoxy) is 1. The number of pyridine rings is 1. The van der Waals surface area contributed by atoms with E-state index < -0.39 is 17.7 Å². The third-order valence-electron chi connectivity index (χ3n) is 2.70. The van der Waals surface area contributed by atoms with E-state index >= 15 is 0 Å². The van der Waals surface area contributed by atoms with Crippen LogP contribution in [0.25, 0.3) is 0 Å². The maximum absolute atomic E-state index is 12.5. The standard InChI is InChI=1S/C14H8BrClF3NO3/c15-8-4-9(20-11(5-8)13(21)22)6-23-12-2-1-7(3-10(12)16)14(17,18)19/h1-5H,6H2,(H,21,22). The van der Waals surface area contributed by atoms with E-state index in [4.69, 9.17) is 21.4 Å². The average Bonchev–Trinajstić information content (AvgIpc) is 2.44. The summed E-state index contributed by atoms with van der Waals surface area (Å²) in [5, 5.41) is 8.72. The Balaban J connectivity index is 2.17. The zero-order valence-electron chi connectivity index (χ0n) is 11.2. The maximum Gasteiger partial charge on any atom is 0.416 e. The SMILES string of the molecule is O=C(O)c1cc(Br)cc(COc2ccc(C(F)(F)F)cc2Cl)n1. The Bertz CT molecular complexity index is 753. The molecule has 23 heavy (non-hydrogen) atoms. The number of aromatic nitrogens is 1. The fourth-order valence-corrected chi connectivity index (χ4v) is 2.40. The quantitative estimate of drug-likeness (QED) is 0.787. The predicted molar refractivity (Wildman–Crippen MR) is 79.7 cm³/mol. The molecule has 0 bridgehead atoms. The third-order valence-corrected chi connectivity index (χ3v) is 3.45. The zero-order chi connectivity index (χ0) is 17.2. The van der Waals surface area contributed by atoms with E-state index in [1.54, 1.807) is 0 Å². The maximum atomic E-state index is 12.5. The van der Waals surface area contributed by atoms with Crippen molar-refractivity contribution in [3.63, 3.8) is 0 Å². The Kier molecular flexibility index (Phi) is 5.16. The van der Waals surface area contributed by atoms with E-state index in [2.05, 4.69) is 20.9 Å². The van der Waals surface area contributed by atoms with Gasteiger partial charge in [0.15, 0.2) is 0 Å². The smallest absolute Gasteiger partial charge is 0.416 e. The minimum absolute atomic E-state index is 0.0401. The molecule has 1 aromatic heterocycles. The van der Waals surface area contributed by atoms with Crippen molar-refractivity contribution in [2.24, 2.45) is 0 Å². The van der Waals surface area contributed by atoms with Crippen molar-refractivity contribution in [1.29, 1.82) is 0 Å². The van der Waals surface area contributed by atoms with Gasteiger partial charge in [-0.2, -0.15) is 13.2 Å². The van der Waals surface area contributed by atoms with E-state index in [0.29, 0.717) is 4.47 Å². The second-order valence-corrected chi connectivity index (χ2v) is 5.72. The molecule has 2 aromatic rings. The summed E-state index contributed by atoms with van der Waals surface area (Å²) >= 11 is 8.91. The first-order valence-corrected chi connectivity index (χ1v) is 7.23. The molecule has 9 heteroatoms. The van der Waals surface area contributed by atoms with Gasteiger partial charge in [-0.05, 0) is 30.3 Å². The van der Waals surface area contributed by atoms with Crippen molar-refractivity contribution in [1.82, 2.24) is 4.98 Å². The van der Waals surface area contributed by atoms with Gasteiger partial charge in [0.2, 0.25) is 0 Å². The van der Waals surface area contributed by atoms with Crippen LogP contribution in [-0.2, 0) is 12.8 Å². The largest absolute Gasteiger partial charge is 0.486 e. The Morgan fingerprint density at radius 2 is 2.00 bits per heavy atom. The lowest BCUT2D eigenvalue weighted by Gasteiger charge is -2.11. The molecule has 0 aliphatic rings. The number of carboxylic acids is 1. The number of hydrogen-bond donors (Lipinski definition) is 1. The van der Waals surface area contributed by atoms with Crippen molar-refractivity contribution in [2.75, 3.05) is 0 Å². The number of hydrogen-bond acceptors (Lipinski definition) is 3. The van der Waals surface area contributed by atoms with Gasteiger partial charge >= 0.3 is 12.1 Å². The fourth-order valence-electron chi connectivity index (χ4n) is 1.68. The third kappa shape index (κ3) is 4.59. The molecule has 1 aromatic carbocycles. The minimum atomic E-state index is -4.50. The van der Waals surface area contributed by atoms with Crippen molar-refractivity contribution in [3.8, 4) is 5.75 Å². The Morgan fingerprint density at radius 3 is 2.57 bits per heavy atom. The summed E-state index contributed by atoms with van der Waals surface area (Å²) in [4.78, 5) is 14.8. The van der Waals surface area contributed by atoms with E-state index in [1.807, 2.05) is 0 Å². The van der Waals surface area contributed by atoms with Crippen LogP contribution < -0.4 is 4.74 Å². The van der Waals surface area contributed by atoms with Crippen molar-refractivity contribution >= 4 is 33.5 Å². The van der Waals surface area contributed by atoms with E-state index in [9.17, 15) is 18.0 Å². The first-order valence-electron chi connectivity index (χ1n) is 6.06. The van der Waals surface area contributed by atoms with Gasteiger partial charge in [0, 0.05) is 4.47 Å². The number of rotatable bonds is 4. The molecule has 0 saturated carbocycles. The Morgan fingerprint density at radius 1 is 1.30 bits per heavy atom. The Labute approximate surface area is 142 Å². The van der Waals surface area contributed by atoms with Crippen LogP contribution in [0.2, 0.25) is 5.02 Å². The summed E-state index contributed by atoms with van der Waals surface area (Å²) in [6.45, 7) is -0.148. The van der Waals surface area contributed by atoms with Crippen LogP contribution in [0.4, 0.5) is 13.2 Å². The number of aromatic carboxylic acids is 1. The highest BCUT2D eigenvalue weighted by molar-refractivity contribution is 9.10. The Hall–Kier alpha value is -1.80. The first kappa shape index (κ1) is 17.6. The number of halogens is 5. The summed E-state index contributed by atoms with van der Waals surface area (Å²) in [5.74, 6) is -1.17. The fraction of sp³-hybridized carbons (Fsp3) is 0.143. The summed E-state index contributed by atoms with van der Waals surface area (Å²) in [5.41, 5.74) is -0.784. The van der Waals surface area contributed by atoms with Gasteiger partial charge in [-0.1, -0.05) is 27.5 Å². The van der Waals surface area contributed by atoms with Crippen molar-refractivity contribution in [2.45, 2.75) is 12.8 Å². The first-order chi connectivity index (χ1) is 10.7. The molecular formula is C14H8BrClF3NO3. The number of alkyl halides is 3. The minimum Gasteiger partial charge on any atom is -0.486 e. The second kappa shape index (κ2) is 6.76. The normalized spacial score (nSPS) is 11.3. The van der Waals surface area contributed by atoms with Crippen LogP contribution in [0.3, 0.4) is 0 Å². The van der Waals surface area contributed by atoms with Crippen LogP contribution in [0, 0.1) is 0 Å². The molecule has 0 aliphatic heterocycles. The molecule has 0 saturated heterocycles. The lowest BCUT2D eigenvalue weighted by Crippen LogP contribution is -2.07. The average molecular weight is 411 g/mol. The summed E-state index contributed by atoms with van der Waals surface area (Å²) in [7, 11) is 0. The van der Waals surface area contributed by atoms with Crippen LogP contribution >= 0.6 is 27.5 Å². The summed E-state index contributed by atoms with van der Waals surface area (Å²) in [6, 6.07) is 5.55. The molecule has 1 N–H and O–H groups in total. The number of benzene rings is 1. The number of carboxylic acid groups (broad SMARTS) is 1. The molecule has 0 amide bonds. The van der Waals surface area contributed by atoms with Crippen molar-refractivity contribution < 1.29 is 27.8 Å². The molecule has 0 aliphatic carbocycles. The van der Waals surface area contributed by atoms with Crippen LogP contribution in [0.1, 0.15) is 21.7 Å². The second-order valence-electron chi connectivity index (χ2n) is 4.40. The molecule has 2 rings (SSSR count). The highest BCUT2D eigenvalue weighted by atomic mass is 79.9. The lowest BCUT2D eigenvalue weighted by atomic mass is 10.2. The monoisotopic (exact) mass is 409 g/mol.